The molecule has 0 N–H and O–H groups in total. The van der Waals surface area contributed by atoms with Gasteiger partial charge in [0.05, 0.1) is 11.0 Å². The Hall–Kier alpha value is -6.43. The van der Waals surface area contributed by atoms with Crippen molar-refractivity contribution in [3.05, 3.63) is 170 Å². The number of nitrogens with zero attached hydrogens (tertiary/aromatic N) is 4. The van der Waals surface area contributed by atoms with Gasteiger partial charge >= 0.3 is 0 Å². The molecule has 3 aromatic heterocycles. The van der Waals surface area contributed by atoms with Crippen LogP contribution in [0.1, 0.15) is 0 Å². The Morgan fingerprint density at radius 3 is 1.56 bits per heavy atom. The van der Waals surface area contributed by atoms with Crippen LogP contribution in [0, 0.1) is 0 Å². The third-order valence-electron chi connectivity index (χ3n) is 9.49. The average molecular weight is 657 g/mol. The van der Waals surface area contributed by atoms with E-state index in [-0.39, 0.29) is 0 Å². The Bertz CT molecular complexity index is 2810. The summed E-state index contributed by atoms with van der Waals surface area (Å²) in [6.07, 6.45) is 0. The zero-order valence-corrected chi connectivity index (χ0v) is 27.7. The fourth-order valence-corrected chi connectivity index (χ4v) is 8.19. The van der Waals surface area contributed by atoms with Gasteiger partial charge in [0.25, 0.3) is 0 Å². The summed E-state index contributed by atoms with van der Waals surface area (Å²) in [6.45, 7) is 0. The van der Waals surface area contributed by atoms with Gasteiger partial charge in [-0.2, -0.15) is 9.97 Å². The van der Waals surface area contributed by atoms with Gasteiger partial charge in [-0.25, -0.2) is 4.98 Å². The molecule has 0 amide bonds. The Labute approximate surface area is 292 Å². The summed E-state index contributed by atoms with van der Waals surface area (Å²) >= 11 is 1.85. The minimum atomic E-state index is 0.596. The SMILES string of the molecule is c1ccc(-c2nc(-c3ccc(-c4cccc(-c5ccc6c(c5)sc5ccccc56)c4)cc3)nc(-n3c4ccccc4c4ccccc43)n2)cc1. The lowest BCUT2D eigenvalue weighted by molar-refractivity contribution is 0.953. The van der Waals surface area contributed by atoms with Gasteiger partial charge in [0.2, 0.25) is 5.95 Å². The summed E-state index contributed by atoms with van der Waals surface area (Å²) in [5, 5.41) is 4.98. The lowest BCUT2D eigenvalue weighted by Gasteiger charge is -2.11. The number of fused-ring (bicyclic) bond motifs is 6. The van der Waals surface area contributed by atoms with Crippen molar-refractivity contribution >= 4 is 53.3 Å². The number of benzene rings is 7. The first kappa shape index (κ1) is 28.6. The first-order chi connectivity index (χ1) is 24.8. The Kier molecular flexibility index (Phi) is 6.64. The molecule has 3 heterocycles. The quantitative estimate of drug-likeness (QED) is 0.185. The molecule has 0 saturated carbocycles. The molecule has 0 spiro atoms. The number of thiophene rings is 1. The second-order valence-electron chi connectivity index (χ2n) is 12.5. The van der Waals surface area contributed by atoms with E-state index in [4.69, 9.17) is 15.0 Å². The van der Waals surface area contributed by atoms with Gasteiger partial charge in [-0.3, -0.25) is 4.57 Å². The molecule has 0 aliphatic carbocycles. The van der Waals surface area contributed by atoms with E-state index < -0.39 is 0 Å². The highest BCUT2D eigenvalue weighted by atomic mass is 32.1. The van der Waals surface area contributed by atoms with E-state index in [9.17, 15) is 0 Å². The standard InChI is InChI=1S/C45H28N4S/c1-2-11-30(12-3-1)43-46-44(48-45(47-43)49-39-18-7-4-15-35(39)36-16-5-8-19-40(36)49)31-23-21-29(22-24-31)32-13-10-14-33(27-32)34-25-26-38-37-17-6-9-20-41(37)50-42(38)28-34/h1-28H. The summed E-state index contributed by atoms with van der Waals surface area (Å²) < 4.78 is 4.79. The van der Waals surface area contributed by atoms with E-state index >= 15 is 0 Å². The number of rotatable bonds is 5. The van der Waals surface area contributed by atoms with Crippen molar-refractivity contribution in [3.8, 4) is 51.0 Å². The van der Waals surface area contributed by atoms with Crippen molar-refractivity contribution in [2.75, 3.05) is 0 Å². The van der Waals surface area contributed by atoms with Crippen LogP contribution in [0.2, 0.25) is 0 Å². The van der Waals surface area contributed by atoms with Gasteiger partial charge in [-0.05, 0) is 52.6 Å². The van der Waals surface area contributed by atoms with Crippen LogP contribution in [-0.2, 0) is 0 Å². The maximum Gasteiger partial charge on any atom is 0.238 e. The molecule has 7 aromatic carbocycles. The first-order valence-electron chi connectivity index (χ1n) is 16.7. The molecule has 5 heteroatoms. The van der Waals surface area contributed by atoms with Crippen LogP contribution in [0.3, 0.4) is 0 Å². The Balaban J connectivity index is 1.05. The Morgan fingerprint density at radius 1 is 0.340 bits per heavy atom. The zero-order valence-electron chi connectivity index (χ0n) is 26.9. The van der Waals surface area contributed by atoms with E-state index in [0.29, 0.717) is 17.6 Å². The highest BCUT2D eigenvalue weighted by molar-refractivity contribution is 7.25. The molecule has 0 aliphatic rings. The molecule has 0 atom stereocenters. The van der Waals surface area contributed by atoms with Crippen molar-refractivity contribution in [1.82, 2.24) is 19.5 Å². The third kappa shape index (κ3) is 4.79. The van der Waals surface area contributed by atoms with Gasteiger partial charge in [0, 0.05) is 42.1 Å². The minimum absolute atomic E-state index is 0.596. The maximum absolute atomic E-state index is 5.11. The lowest BCUT2D eigenvalue weighted by atomic mass is 9.98. The molecule has 50 heavy (non-hydrogen) atoms. The molecule has 10 aromatic rings. The summed E-state index contributed by atoms with van der Waals surface area (Å²) in [5.41, 5.74) is 8.72. The summed E-state index contributed by atoms with van der Waals surface area (Å²) in [6, 6.07) is 59.8. The molecule has 0 aliphatic heterocycles. The van der Waals surface area contributed by atoms with Gasteiger partial charge in [0.15, 0.2) is 11.6 Å². The van der Waals surface area contributed by atoms with E-state index in [1.807, 2.05) is 41.7 Å². The van der Waals surface area contributed by atoms with Crippen LogP contribution in [-0.4, -0.2) is 19.5 Å². The molecular formula is C45H28N4S. The molecule has 0 fully saturated rings. The smallest absolute Gasteiger partial charge is 0.238 e. The van der Waals surface area contributed by atoms with E-state index in [0.717, 1.165) is 33.3 Å². The predicted molar refractivity (Wildman–Crippen MR) is 209 cm³/mol. The Morgan fingerprint density at radius 2 is 0.840 bits per heavy atom. The molecule has 10 rings (SSSR count). The second-order valence-corrected chi connectivity index (χ2v) is 13.6. The molecule has 0 unspecified atom stereocenters. The van der Waals surface area contributed by atoms with Crippen molar-refractivity contribution in [2.24, 2.45) is 0 Å². The molecule has 0 bridgehead atoms. The number of hydrogen-bond acceptors (Lipinski definition) is 4. The predicted octanol–water partition coefficient (Wildman–Crippen LogP) is 12.0. The van der Waals surface area contributed by atoms with Gasteiger partial charge < -0.3 is 0 Å². The number of hydrogen-bond donors (Lipinski definition) is 0. The molecule has 4 nitrogen and oxygen atoms in total. The van der Waals surface area contributed by atoms with Crippen LogP contribution in [0.5, 0.6) is 0 Å². The largest absolute Gasteiger partial charge is 0.278 e. The van der Waals surface area contributed by atoms with Crippen LogP contribution in [0.4, 0.5) is 0 Å². The van der Waals surface area contributed by atoms with Crippen LogP contribution >= 0.6 is 11.3 Å². The van der Waals surface area contributed by atoms with Crippen molar-refractivity contribution in [3.63, 3.8) is 0 Å². The van der Waals surface area contributed by atoms with Gasteiger partial charge in [-0.15, -0.1) is 11.3 Å². The monoisotopic (exact) mass is 656 g/mol. The topological polar surface area (TPSA) is 43.6 Å². The first-order valence-corrected chi connectivity index (χ1v) is 17.5. The number of aromatic nitrogens is 4. The average Bonchev–Trinajstić information content (AvgIpc) is 3.74. The molecule has 0 radical (unpaired) electrons. The minimum Gasteiger partial charge on any atom is -0.278 e. The third-order valence-corrected chi connectivity index (χ3v) is 10.6. The van der Waals surface area contributed by atoms with Crippen LogP contribution in [0.25, 0.3) is 93.0 Å². The van der Waals surface area contributed by atoms with Gasteiger partial charge in [0.1, 0.15) is 0 Å². The fraction of sp³-hybridized carbons (Fsp3) is 0. The van der Waals surface area contributed by atoms with Crippen LogP contribution < -0.4 is 0 Å². The molecule has 0 saturated heterocycles. The summed E-state index contributed by atoms with van der Waals surface area (Å²) in [7, 11) is 0. The zero-order chi connectivity index (χ0) is 33.0. The molecular weight excluding hydrogens is 629 g/mol. The van der Waals surface area contributed by atoms with E-state index in [1.165, 1.54) is 42.1 Å². The van der Waals surface area contributed by atoms with Gasteiger partial charge in [-0.1, -0.05) is 140 Å². The lowest BCUT2D eigenvalue weighted by Crippen LogP contribution is -2.06. The highest BCUT2D eigenvalue weighted by Gasteiger charge is 2.17. The summed E-state index contributed by atoms with van der Waals surface area (Å²) in [4.78, 5) is 15.2. The van der Waals surface area contributed by atoms with Crippen LogP contribution in [0.15, 0.2) is 170 Å². The molecule has 234 valence electrons. The summed E-state index contributed by atoms with van der Waals surface area (Å²) in [5.74, 6) is 1.87. The highest BCUT2D eigenvalue weighted by Crippen LogP contribution is 2.37. The van der Waals surface area contributed by atoms with Crippen molar-refractivity contribution in [2.45, 2.75) is 0 Å². The fourth-order valence-electron chi connectivity index (χ4n) is 7.04. The number of para-hydroxylation sites is 2. The van der Waals surface area contributed by atoms with E-state index in [1.54, 1.807) is 0 Å². The normalized spacial score (nSPS) is 11.6. The second kappa shape index (κ2) is 11.6. The van der Waals surface area contributed by atoms with Crippen molar-refractivity contribution in [1.29, 1.82) is 0 Å². The van der Waals surface area contributed by atoms with Crippen molar-refractivity contribution < 1.29 is 0 Å². The van der Waals surface area contributed by atoms with E-state index in [2.05, 4.69) is 144 Å². The maximum atomic E-state index is 5.11.